The monoisotopic (exact) mass is 444 g/mol. The average Bonchev–Trinajstić information content (AvgIpc) is 2.73. The molecule has 1 saturated carbocycles. The molecule has 0 radical (unpaired) electrons. The van der Waals surface area contributed by atoms with Gasteiger partial charge in [0.1, 0.15) is 11.9 Å². The zero-order valence-electron chi connectivity index (χ0n) is 18.3. The van der Waals surface area contributed by atoms with E-state index in [1.165, 1.54) is 13.3 Å². The van der Waals surface area contributed by atoms with Crippen LogP contribution in [0.4, 0.5) is 8.78 Å². The number of rotatable bonds is 6. The number of halogens is 2. The molecule has 170 valence electrons. The molecule has 1 aliphatic carbocycles. The topological polar surface area (TPSA) is 90.3 Å². The molecule has 1 fully saturated rings. The van der Waals surface area contributed by atoms with Crippen LogP contribution in [0.15, 0.2) is 36.8 Å². The zero-order valence-corrected chi connectivity index (χ0v) is 18.3. The lowest BCUT2D eigenvalue weighted by Gasteiger charge is -2.47. The Labute approximate surface area is 184 Å². The van der Waals surface area contributed by atoms with E-state index >= 15 is 0 Å². The van der Waals surface area contributed by atoms with Crippen molar-refractivity contribution in [2.24, 2.45) is 5.41 Å². The van der Waals surface area contributed by atoms with Gasteiger partial charge in [-0.1, -0.05) is 20.3 Å². The molecule has 1 N–H and O–H groups in total. The van der Waals surface area contributed by atoms with Gasteiger partial charge in [-0.15, -0.1) is 10.2 Å². The fourth-order valence-corrected chi connectivity index (χ4v) is 4.86. The Balaban J connectivity index is 1.58. The van der Waals surface area contributed by atoms with E-state index < -0.39 is 30.0 Å². The molecule has 0 unspecified atom stereocenters. The van der Waals surface area contributed by atoms with Crippen LogP contribution in [0.5, 0.6) is 11.6 Å². The predicted molar refractivity (Wildman–Crippen MR) is 115 cm³/mol. The van der Waals surface area contributed by atoms with E-state index in [-0.39, 0.29) is 23.9 Å². The number of methoxy groups -OCH3 is 1. The first kappa shape index (κ1) is 22.3. The SMILES string of the molecule is CCC[C@]1(C)CC(F)(F)C[C@H](Oc2cnc(-c3cc4ccncc4cc3O)nn2)[C@H]1OC. The van der Waals surface area contributed by atoms with Crippen LogP contribution in [-0.2, 0) is 4.74 Å². The van der Waals surface area contributed by atoms with E-state index in [1.807, 2.05) is 19.9 Å². The Kier molecular flexibility index (Phi) is 5.94. The molecule has 0 saturated heterocycles. The van der Waals surface area contributed by atoms with Crippen molar-refractivity contribution >= 4 is 10.8 Å². The highest BCUT2D eigenvalue weighted by molar-refractivity contribution is 5.88. The molecule has 0 spiro atoms. The van der Waals surface area contributed by atoms with E-state index in [2.05, 4.69) is 20.2 Å². The molecule has 0 bridgehead atoms. The van der Waals surface area contributed by atoms with Gasteiger partial charge in [0.05, 0.1) is 24.3 Å². The van der Waals surface area contributed by atoms with Crippen LogP contribution in [-0.4, -0.2) is 50.5 Å². The highest BCUT2D eigenvalue weighted by Gasteiger charge is 2.54. The Hall–Kier alpha value is -2.94. The summed E-state index contributed by atoms with van der Waals surface area (Å²) in [5, 5.41) is 20.1. The van der Waals surface area contributed by atoms with Gasteiger partial charge in [-0.25, -0.2) is 13.8 Å². The van der Waals surface area contributed by atoms with Crippen molar-refractivity contribution < 1.29 is 23.4 Å². The molecule has 7 nitrogen and oxygen atoms in total. The number of benzene rings is 1. The van der Waals surface area contributed by atoms with Gasteiger partial charge in [0.2, 0.25) is 0 Å². The first-order valence-electron chi connectivity index (χ1n) is 10.6. The molecule has 3 atom stereocenters. The van der Waals surface area contributed by atoms with Gasteiger partial charge in [0.25, 0.3) is 11.8 Å². The average molecular weight is 444 g/mol. The van der Waals surface area contributed by atoms with Gasteiger partial charge in [0.15, 0.2) is 5.82 Å². The summed E-state index contributed by atoms with van der Waals surface area (Å²) in [4.78, 5) is 8.27. The maximum absolute atomic E-state index is 14.5. The number of aromatic hydroxyl groups is 1. The zero-order chi connectivity index (χ0) is 22.9. The molecule has 4 rings (SSSR count). The summed E-state index contributed by atoms with van der Waals surface area (Å²) < 4.78 is 40.5. The minimum absolute atomic E-state index is 0.0114. The van der Waals surface area contributed by atoms with E-state index in [1.54, 1.807) is 24.5 Å². The number of ether oxygens (including phenoxy) is 2. The second-order valence-electron chi connectivity index (χ2n) is 8.67. The summed E-state index contributed by atoms with van der Waals surface area (Å²) in [5.74, 6) is -2.65. The van der Waals surface area contributed by atoms with Crippen molar-refractivity contribution in [2.75, 3.05) is 7.11 Å². The normalized spacial score (nSPS) is 25.0. The Morgan fingerprint density at radius 3 is 2.69 bits per heavy atom. The summed E-state index contributed by atoms with van der Waals surface area (Å²) in [6.07, 6.45) is 3.88. The van der Waals surface area contributed by atoms with Crippen molar-refractivity contribution in [3.8, 4) is 23.0 Å². The fraction of sp³-hybridized carbons (Fsp3) is 0.478. The number of phenolic OH excluding ortho intramolecular Hbond substituents is 1. The van der Waals surface area contributed by atoms with Gasteiger partial charge in [-0.2, -0.15) is 0 Å². The number of aromatic nitrogens is 4. The minimum Gasteiger partial charge on any atom is -0.507 e. The minimum atomic E-state index is -2.86. The van der Waals surface area contributed by atoms with Crippen LogP contribution in [0.25, 0.3) is 22.2 Å². The van der Waals surface area contributed by atoms with Crippen LogP contribution in [0.3, 0.4) is 0 Å². The smallest absolute Gasteiger partial charge is 0.252 e. The van der Waals surface area contributed by atoms with Crippen molar-refractivity contribution in [1.29, 1.82) is 0 Å². The maximum Gasteiger partial charge on any atom is 0.252 e. The number of pyridine rings is 1. The lowest BCUT2D eigenvalue weighted by atomic mass is 9.68. The van der Waals surface area contributed by atoms with Gasteiger partial charge in [-0.05, 0) is 30.0 Å². The molecule has 0 amide bonds. The molecule has 9 heteroatoms. The van der Waals surface area contributed by atoms with Crippen molar-refractivity contribution in [3.05, 3.63) is 36.8 Å². The number of nitrogens with zero attached hydrogens (tertiary/aromatic N) is 4. The molecule has 2 aromatic heterocycles. The summed E-state index contributed by atoms with van der Waals surface area (Å²) in [6.45, 7) is 3.78. The van der Waals surface area contributed by atoms with E-state index in [0.29, 0.717) is 12.0 Å². The number of hydrogen-bond acceptors (Lipinski definition) is 7. The van der Waals surface area contributed by atoms with Gasteiger partial charge >= 0.3 is 0 Å². The highest BCUT2D eigenvalue weighted by Crippen LogP contribution is 2.49. The second kappa shape index (κ2) is 8.54. The third-order valence-corrected chi connectivity index (χ3v) is 6.07. The molecular weight excluding hydrogens is 418 g/mol. The van der Waals surface area contributed by atoms with Crippen LogP contribution < -0.4 is 4.74 Å². The largest absolute Gasteiger partial charge is 0.507 e. The lowest BCUT2D eigenvalue weighted by molar-refractivity contribution is -0.185. The summed E-state index contributed by atoms with van der Waals surface area (Å²) in [5.41, 5.74) is -0.320. The number of fused-ring (bicyclic) bond motifs is 1. The molecule has 1 aliphatic rings. The van der Waals surface area contributed by atoms with Crippen LogP contribution in [0.1, 0.15) is 39.5 Å². The lowest BCUT2D eigenvalue weighted by Crippen LogP contribution is -2.55. The molecular formula is C23H26F2N4O3. The second-order valence-corrected chi connectivity index (χ2v) is 8.67. The number of hydrogen-bond donors (Lipinski definition) is 1. The quantitative estimate of drug-likeness (QED) is 0.585. The van der Waals surface area contributed by atoms with Gasteiger partial charge in [-0.3, -0.25) is 4.98 Å². The molecule has 0 aliphatic heterocycles. The van der Waals surface area contributed by atoms with Gasteiger partial charge in [0, 0.05) is 36.7 Å². The molecule has 32 heavy (non-hydrogen) atoms. The highest BCUT2D eigenvalue weighted by atomic mass is 19.3. The first-order chi connectivity index (χ1) is 15.2. The van der Waals surface area contributed by atoms with Crippen molar-refractivity contribution in [2.45, 2.75) is 57.7 Å². The van der Waals surface area contributed by atoms with Crippen LogP contribution >= 0.6 is 0 Å². The Morgan fingerprint density at radius 2 is 2.00 bits per heavy atom. The first-order valence-corrected chi connectivity index (χ1v) is 10.6. The summed E-state index contributed by atoms with van der Waals surface area (Å²) in [6, 6.07) is 5.13. The Bertz CT molecular complexity index is 1100. The molecule has 1 aromatic carbocycles. The van der Waals surface area contributed by atoms with Crippen LogP contribution in [0.2, 0.25) is 0 Å². The van der Waals surface area contributed by atoms with Crippen LogP contribution in [0, 0.1) is 5.41 Å². The van der Waals surface area contributed by atoms with Crippen molar-refractivity contribution in [3.63, 3.8) is 0 Å². The summed E-state index contributed by atoms with van der Waals surface area (Å²) in [7, 11) is 1.52. The summed E-state index contributed by atoms with van der Waals surface area (Å²) >= 11 is 0. The van der Waals surface area contributed by atoms with Gasteiger partial charge < -0.3 is 14.6 Å². The standard InChI is InChI=1S/C23H26F2N4O3/c1-4-6-22(2)13-23(24,25)10-18(20(22)31-3)32-19-12-27-21(29-28-19)16-8-14-5-7-26-11-15(14)9-17(16)30/h5,7-9,11-12,18,20,30H,4,6,10,13H2,1-3H3/t18-,20+,22+/m0/s1. The third kappa shape index (κ3) is 4.34. The predicted octanol–water partition coefficient (Wildman–Crippen LogP) is 4.79. The van der Waals surface area contributed by atoms with E-state index in [4.69, 9.17) is 9.47 Å². The maximum atomic E-state index is 14.5. The van der Waals surface area contributed by atoms with E-state index in [9.17, 15) is 13.9 Å². The number of phenols is 1. The van der Waals surface area contributed by atoms with E-state index in [0.717, 1.165) is 17.2 Å². The fourth-order valence-electron chi connectivity index (χ4n) is 4.86. The third-order valence-electron chi connectivity index (χ3n) is 6.07. The molecule has 3 aromatic rings. The number of alkyl halides is 2. The van der Waals surface area contributed by atoms with Crippen molar-refractivity contribution in [1.82, 2.24) is 20.2 Å². The molecule has 2 heterocycles. The Morgan fingerprint density at radius 1 is 1.19 bits per heavy atom.